The zero-order valence-corrected chi connectivity index (χ0v) is 30.7. The zero-order chi connectivity index (χ0) is 37.1. The van der Waals surface area contributed by atoms with Crippen LogP contribution in [-0.4, -0.2) is 77.4 Å². The number of carbonyl (C=O) groups excluding carboxylic acids is 4. The van der Waals surface area contributed by atoms with Crippen LogP contribution in [0.25, 0.3) is 0 Å². The van der Waals surface area contributed by atoms with Gasteiger partial charge in [0.2, 0.25) is 6.41 Å². The lowest BCUT2D eigenvalue weighted by Gasteiger charge is -2.54. The average molecular weight is 723 g/mol. The number of nitrogens with zero attached hydrogens (tertiary/aromatic N) is 4. The Morgan fingerprint density at radius 3 is 2.00 bits per heavy atom. The number of rotatable bonds is 9. The smallest absolute Gasteiger partial charge is 0.325 e. The van der Waals surface area contributed by atoms with E-state index in [-0.39, 0.29) is 29.9 Å². The zero-order valence-electron chi connectivity index (χ0n) is 30.7. The Morgan fingerprint density at radius 2 is 1.42 bits per heavy atom. The van der Waals surface area contributed by atoms with Crippen LogP contribution in [-0.2, 0) is 17.9 Å². The van der Waals surface area contributed by atoms with E-state index in [4.69, 9.17) is 0 Å². The van der Waals surface area contributed by atoms with Gasteiger partial charge < -0.3 is 20.4 Å². The molecule has 2 atom stereocenters. The van der Waals surface area contributed by atoms with Crippen LogP contribution in [0.5, 0.6) is 0 Å². The normalized spacial score (nSPS) is 27.6. The summed E-state index contributed by atoms with van der Waals surface area (Å²) < 4.78 is 13.6. The van der Waals surface area contributed by atoms with E-state index in [1.807, 2.05) is 59.5 Å². The van der Waals surface area contributed by atoms with Crippen molar-refractivity contribution in [1.82, 2.24) is 25.4 Å². The van der Waals surface area contributed by atoms with Gasteiger partial charge in [-0.05, 0) is 129 Å². The molecule has 1 aromatic heterocycles. The van der Waals surface area contributed by atoms with Crippen LogP contribution in [0.1, 0.15) is 89.6 Å². The number of anilines is 1. The molecule has 6 bridgehead atoms. The van der Waals surface area contributed by atoms with Crippen molar-refractivity contribution >= 4 is 30.1 Å². The Balaban J connectivity index is 0.000000179. The van der Waals surface area contributed by atoms with E-state index in [9.17, 15) is 23.6 Å². The molecule has 9 rings (SSSR count). The molecule has 6 aliphatic rings. The van der Waals surface area contributed by atoms with Crippen LogP contribution in [0.2, 0.25) is 0 Å². The number of piperidine rings is 1. The molecule has 5 amide bonds. The Kier molecular flexibility index (Phi) is 11.1. The second-order valence-corrected chi connectivity index (χ2v) is 15.9. The maximum absolute atomic E-state index is 13.6. The third-order valence-electron chi connectivity index (χ3n) is 12.3. The Labute approximate surface area is 311 Å². The largest absolute Gasteiger partial charge is 0.355 e. The van der Waals surface area contributed by atoms with E-state index >= 15 is 0 Å². The molecule has 4 saturated carbocycles. The lowest BCUT2D eigenvalue weighted by atomic mass is 9.54. The first-order valence-corrected chi connectivity index (χ1v) is 19.2. The van der Waals surface area contributed by atoms with E-state index in [0.717, 1.165) is 35.8 Å². The molecular weight excluding hydrogens is 671 g/mol. The van der Waals surface area contributed by atoms with Crippen molar-refractivity contribution in [2.45, 2.75) is 95.2 Å². The molecule has 11 heteroatoms. The first-order valence-electron chi connectivity index (χ1n) is 19.2. The number of aromatic nitrogens is 1. The summed E-state index contributed by atoms with van der Waals surface area (Å²) >= 11 is 0. The summed E-state index contributed by atoms with van der Waals surface area (Å²) in [4.78, 5) is 57.8. The number of alkyl halides is 1. The fourth-order valence-electron chi connectivity index (χ4n) is 9.92. The summed E-state index contributed by atoms with van der Waals surface area (Å²) in [6.07, 6.45) is 10.9. The molecule has 0 spiro atoms. The summed E-state index contributed by atoms with van der Waals surface area (Å²) in [6, 6.07) is 20.7. The van der Waals surface area contributed by atoms with Gasteiger partial charge in [-0.3, -0.25) is 19.3 Å². The number of hydrogen-bond acceptors (Lipinski definition) is 5. The van der Waals surface area contributed by atoms with Gasteiger partial charge in [0.1, 0.15) is 12.0 Å². The van der Waals surface area contributed by atoms with Crippen LogP contribution in [0.15, 0.2) is 72.9 Å². The summed E-state index contributed by atoms with van der Waals surface area (Å²) in [5.41, 5.74) is 3.27. The summed E-state index contributed by atoms with van der Waals surface area (Å²) in [5, 5.41) is 5.96. The van der Waals surface area contributed by atoms with Gasteiger partial charge in [0, 0.05) is 62.6 Å². The predicted molar refractivity (Wildman–Crippen MR) is 201 cm³/mol. The maximum Gasteiger partial charge on any atom is 0.325 e. The minimum atomic E-state index is -0.761. The summed E-state index contributed by atoms with van der Waals surface area (Å²) in [5.74, 6) is 3.80. The van der Waals surface area contributed by atoms with Gasteiger partial charge >= 0.3 is 6.03 Å². The highest BCUT2D eigenvalue weighted by molar-refractivity contribution is 5.95. The van der Waals surface area contributed by atoms with Crippen molar-refractivity contribution in [2.75, 3.05) is 19.0 Å². The van der Waals surface area contributed by atoms with E-state index in [0.29, 0.717) is 67.2 Å². The van der Waals surface area contributed by atoms with Crippen LogP contribution in [0, 0.1) is 23.7 Å². The third-order valence-corrected chi connectivity index (χ3v) is 12.3. The van der Waals surface area contributed by atoms with Crippen molar-refractivity contribution in [3.05, 3.63) is 95.2 Å². The summed E-state index contributed by atoms with van der Waals surface area (Å²) in [7, 11) is 3.49. The minimum Gasteiger partial charge on any atom is -0.355 e. The molecular formula is C42H51FN6O4. The molecule has 2 N–H and O–H groups in total. The number of halogens is 1. The van der Waals surface area contributed by atoms with Crippen LogP contribution < -0.4 is 15.5 Å². The number of amides is 5. The number of carbonyl (C=O) groups is 4. The standard InChI is InChI=1S/C26H32N4O2.C16H19FN2O2/c1-29(26(32)30(2)23-5-3-4-10-27-23)16-17-6-8-20(9-7-17)25(31)28-24-21-12-18-11-19(14-21)15-22(24)13-18;17-13-7-14-5-6-15(8-13)19(14)16(21)12-3-1-11(2-4-12)9-18-10-20/h3-10,18-19,21-22,24H,11-16H2,1-2H3,(H,28,31);1-4,10,13-15H,5-9H2,(H,18,20). The van der Waals surface area contributed by atoms with Crippen LogP contribution >= 0.6 is 0 Å². The minimum absolute atomic E-state index is 0.00398. The lowest BCUT2D eigenvalue weighted by Crippen LogP contribution is -2.55. The fourth-order valence-corrected chi connectivity index (χ4v) is 9.92. The number of urea groups is 1. The van der Waals surface area contributed by atoms with E-state index < -0.39 is 6.17 Å². The van der Waals surface area contributed by atoms with E-state index in [1.165, 1.54) is 37.0 Å². The van der Waals surface area contributed by atoms with Gasteiger partial charge in [0.15, 0.2) is 0 Å². The van der Waals surface area contributed by atoms with Gasteiger partial charge in [-0.15, -0.1) is 0 Å². The van der Waals surface area contributed by atoms with Crippen molar-refractivity contribution in [2.24, 2.45) is 23.7 Å². The second-order valence-electron chi connectivity index (χ2n) is 15.9. The monoisotopic (exact) mass is 722 g/mol. The highest BCUT2D eigenvalue weighted by atomic mass is 19.1. The van der Waals surface area contributed by atoms with E-state index in [2.05, 4.69) is 15.6 Å². The van der Waals surface area contributed by atoms with Crippen molar-refractivity contribution in [3.8, 4) is 0 Å². The number of pyridine rings is 1. The molecule has 280 valence electrons. The number of fused-ring (bicyclic) bond motifs is 2. The van der Waals surface area contributed by atoms with Crippen LogP contribution in [0.4, 0.5) is 15.0 Å². The first-order chi connectivity index (χ1) is 25.7. The Bertz CT molecular complexity index is 1710. The lowest BCUT2D eigenvalue weighted by molar-refractivity contribution is -0.109. The van der Waals surface area contributed by atoms with Gasteiger partial charge in [-0.2, -0.15) is 0 Å². The molecule has 2 saturated heterocycles. The fraction of sp³-hybridized carbons (Fsp3) is 0.500. The quantitative estimate of drug-likeness (QED) is 0.250. The Morgan fingerprint density at radius 1 is 0.811 bits per heavy atom. The number of benzene rings is 2. The maximum atomic E-state index is 13.6. The molecule has 2 unspecified atom stereocenters. The topological polar surface area (TPSA) is 115 Å². The molecule has 10 nitrogen and oxygen atoms in total. The first kappa shape index (κ1) is 36.6. The molecule has 53 heavy (non-hydrogen) atoms. The molecule has 2 aliphatic heterocycles. The van der Waals surface area contributed by atoms with Gasteiger partial charge in [-0.1, -0.05) is 30.3 Å². The van der Waals surface area contributed by atoms with Crippen molar-refractivity contribution in [3.63, 3.8) is 0 Å². The predicted octanol–water partition coefficient (Wildman–Crippen LogP) is 6.36. The number of hydrogen-bond donors (Lipinski definition) is 2. The number of nitrogens with one attached hydrogen (secondary N) is 2. The average Bonchev–Trinajstić information content (AvgIpc) is 3.45. The highest BCUT2D eigenvalue weighted by Crippen LogP contribution is 2.53. The second kappa shape index (κ2) is 16.1. The molecule has 3 heterocycles. The van der Waals surface area contributed by atoms with Crippen molar-refractivity contribution < 1.29 is 23.6 Å². The summed E-state index contributed by atoms with van der Waals surface area (Å²) in [6.45, 7) is 0.921. The molecule has 3 aromatic rings. The molecule has 0 radical (unpaired) electrons. The molecule has 6 fully saturated rings. The third kappa shape index (κ3) is 8.24. The highest BCUT2D eigenvalue weighted by Gasteiger charge is 2.48. The Hall–Kier alpha value is -4.80. The van der Waals surface area contributed by atoms with Crippen molar-refractivity contribution in [1.29, 1.82) is 0 Å². The van der Waals surface area contributed by atoms with E-state index in [1.54, 1.807) is 37.3 Å². The molecule has 4 aliphatic carbocycles. The van der Waals surface area contributed by atoms with Gasteiger partial charge in [0.05, 0.1) is 0 Å². The van der Waals surface area contributed by atoms with Crippen LogP contribution in [0.3, 0.4) is 0 Å². The SMILES string of the molecule is CN(Cc1ccc(C(=O)NC2C3CC4CC(C3)CC2C4)cc1)C(=O)N(C)c1ccccn1.O=CNCc1ccc(C(=O)N2C3CCC2CC(F)C3)cc1. The molecule has 2 aromatic carbocycles. The van der Waals surface area contributed by atoms with Gasteiger partial charge in [-0.25, -0.2) is 14.2 Å². The van der Waals surface area contributed by atoms with Gasteiger partial charge in [0.25, 0.3) is 11.8 Å².